The van der Waals surface area contributed by atoms with Crippen molar-refractivity contribution in [2.24, 2.45) is 0 Å². The van der Waals surface area contributed by atoms with Crippen LogP contribution in [0.5, 0.6) is 0 Å². The van der Waals surface area contributed by atoms with E-state index >= 15 is 0 Å². The highest BCUT2D eigenvalue weighted by atomic mass is 16.5. The Kier molecular flexibility index (Phi) is 4.07. The first-order valence-corrected chi connectivity index (χ1v) is 5.80. The molecule has 1 aromatic carbocycles. The number of rotatable bonds is 5. The fourth-order valence-electron chi connectivity index (χ4n) is 1.94. The van der Waals surface area contributed by atoms with Crippen molar-refractivity contribution in [3.8, 4) is 0 Å². The van der Waals surface area contributed by atoms with Gasteiger partial charge in [0.1, 0.15) is 12.1 Å². The maximum atomic E-state index is 9.74. The van der Waals surface area contributed by atoms with Gasteiger partial charge in [-0.3, -0.25) is 0 Å². The monoisotopic (exact) mass is 247 g/mol. The molecule has 0 spiro atoms. The van der Waals surface area contributed by atoms with Crippen molar-refractivity contribution in [1.29, 1.82) is 0 Å². The number of aliphatic hydroxyl groups excluding tert-OH is 1. The largest absolute Gasteiger partial charge is 0.389 e. The number of aliphatic hydroxyl groups is 1. The van der Waals surface area contributed by atoms with E-state index < -0.39 is 6.10 Å². The van der Waals surface area contributed by atoms with Crippen LogP contribution in [0.2, 0.25) is 0 Å². The second kappa shape index (κ2) is 5.75. The minimum atomic E-state index is -0.534. The van der Waals surface area contributed by atoms with Gasteiger partial charge in [0.25, 0.3) is 0 Å². The Balaban J connectivity index is 2.24. The fourth-order valence-corrected chi connectivity index (χ4v) is 1.94. The summed E-state index contributed by atoms with van der Waals surface area (Å²) in [5, 5.41) is 10.7. The van der Waals surface area contributed by atoms with Crippen molar-refractivity contribution in [3.63, 3.8) is 0 Å². The molecule has 0 saturated carbocycles. The molecule has 1 heterocycles. The number of nitrogens with zero attached hydrogens (tertiary/aromatic N) is 3. The molecule has 5 nitrogen and oxygen atoms in total. The Morgan fingerprint density at radius 3 is 2.89 bits per heavy atom. The smallest absolute Gasteiger partial charge is 0.139 e. The molecule has 0 aliphatic carbocycles. The van der Waals surface area contributed by atoms with Gasteiger partial charge < -0.3 is 14.7 Å². The second-order valence-electron chi connectivity index (χ2n) is 4.20. The van der Waals surface area contributed by atoms with E-state index in [-0.39, 0.29) is 0 Å². The quantitative estimate of drug-likeness (QED) is 0.856. The van der Waals surface area contributed by atoms with Crippen molar-refractivity contribution in [3.05, 3.63) is 30.6 Å². The van der Waals surface area contributed by atoms with Gasteiger partial charge in [-0.1, -0.05) is 12.1 Å². The molecule has 18 heavy (non-hydrogen) atoms. The summed E-state index contributed by atoms with van der Waals surface area (Å²) < 4.78 is 4.92. The molecule has 0 aliphatic rings. The molecule has 1 atom stereocenters. The molecule has 1 N–H and O–H groups in total. The van der Waals surface area contributed by atoms with Gasteiger partial charge in [-0.2, -0.15) is 0 Å². The van der Waals surface area contributed by atoms with Gasteiger partial charge in [0, 0.05) is 26.1 Å². The summed E-state index contributed by atoms with van der Waals surface area (Å²) in [7, 11) is 3.47. The Hall–Kier alpha value is -1.72. The Morgan fingerprint density at radius 1 is 1.33 bits per heavy atom. The molecule has 0 radical (unpaired) electrons. The Bertz CT molecular complexity index is 513. The number of para-hydroxylation sites is 1. The first kappa shape index (κ1) is 12.7. The number of hydrogen-bond donors (Lipinski definition) is 1. The van der Waals surface area contributed by atoms with Gasteiger partial charge in [0.15, 0.2) is 0 Å². The van der Waals surface area contributed by atoms with E-state index in [0.29, 0.717) is 13.2 Å². The zero-order chi connectivity index (χ0) is 13.0. The predicted molar refractivity (Wildman–Crippen MR) is 70.7 cm³/mol. The minimum absolute atomic E-state index is 0.313. The average Bonchev–Trinajstić information content (AvgIpc) is 2.38. The molecule has 1 unspecified atom stereocenters. The van der Waals surface area contributed by atoms with Gasteiger partial charge in [-0.25, -0.2) is 9.97 Å². The molecule has 96 valence electrons. The van der Waals surface area contributed by atoms with Gasteiger partial charge in [0.2, 0.25) is 0 Å². The highest BCUT2D eigenvalue weighted by molar-refractivity contribution is 5.89. The van der Waals surface area contributed by atoms with Gasteiger partial charge >= 0.3 is 0 Å². The van der Waals surface area contributed by atoms with E-state index in [9.17, 15) is 5.11 Å². The molecular weight excluding hydrogens is 230 g/mol. The SMILES string of the molecule is COCC(O)CN(C)c1ncnc2ccccc12. The summed E-state index contributed by atoms with van der Waals surface area (Å²) in [5.74, 6) is 0.816. The lowest BCUT2D eigenvalue weighted by atomic mass is 10.2. The summed E-state index contributed by atoms with van der Waals surface area (Å²) in [6.45, 7) is 0.780. The van der Waals surface area contributed by atoms with Crippen LogP contribution in [-0.2, 0) is 4.74 Å². The molecule has 5 heteroatoms. The number of anilines is 1. The molecule has 0 bridgehead atoms. The van der Waals surface area contributed by atoms with E-state index in [4.69, 9.17) is 4.74 Å². The highest BCUT2D eigenvalue weighted by Gasteiger charge is 2.12. The van der Waals surface area contributed by atoms with E-state index in [1.54, 1.807) is 7.11 Å². The number of fused-ring (bicyclic) bond motifs is 1. The van der Waals surface area contributed by atoms with Gasteiger partial charge in [-0.15, -0.1) is 0 Å². The number of methoxy groups -OCH3 is 1. The van der Waals surface area contributed by atoms with E-state index in [1.165, 1.54) is 6.33 Å². The maximum Gasteiger partial charge on any atom is 0.139 e. The van der Waals surface area contributed by atoms with Crippen LogP contribution in [0.25, 0.3) is 10.9 Å². The zero-order valence-electron chi connectivity index (χ0n) is 10.6. The minimum Gasteiger partial charge on any atom is -0.389 e. The van der Waals surface area contributed by atoms with Crippen molar-refractivity contribution >= 4 is 16.7 Å². The zero-order valence-corrected chi connectivity index (χ0v) is 10.6. The standard InChI is InChI=1S/C13H17N3O2/c1-16(7-10(17)8-18-2)13-11-5-3-4-6-12(11)14-9-15-13/h3-6,9-10,17H,7-8H2,1-2H3. The van der Waals surface area contributed by atoms with Crippen LogP contribution in [-0.4, -0.2) is 48.5 Å². The molecule has 2 rings (SSSR count). The number of hydrogen-bond acceptors (Lipinski definition) is 5. The molecule has 2 aromatic rings. The molecule has 0 amide bonds. The number of likely N-dealkylation sites (N-methyl/N-ethyl adjacent to an activating group) is 1. The summed E-state index contributed by atoms with van der Waals surface area (Å²) in [4.78, 5) is 10.4. The Morgan fingerprint density at radius 2 is 2.11 bits per heavy atom. The van der Waals surface area contributed by atoms with Crippen LogP contribution in [0.4, 0.5) is 5.82 Å². The first-order chi connectivity index (χ1) is 8.72. The van der Waals surface area contributed by atoms with Crippen LogP contribution >= 0.6 is 0 Å². The van der Waals surface area contributed by atoms with Crippen molar-refractivity contribution in [2.75, 3.05) is 32.2 Å². The number of ether oxygens (including phenoxy) is 1. The van der Waals surface area contributed by atoms with Crippen molar-refractivity contribution in [1.82, 2.24) is 9.97 Å². The van der Waals surface area contributed by atoms with Crippen molar-refractivity contribution < 1.29 is 9.84 Å². The lowest BCUT2D eigenvalue weighted by molar-refractivity contribution is 0.0694. The molecule has 1 aromatic heterocycles. The van der Waals surface area contributed by atoms with E-state index in [0.717, 1.165) is 16.7 Å². The van der Waals surface area contributed by atoms with E-state index in [2.05, 4.69) is 9.97 Å². The lowest BCUT2D eigenvalue weighted by Gasteiger charge is -2.22. The van der Waals surface area contributed by atoms with Crippen LogP contribution in [0.1, 0.15) is 0 Å². The van der Waals surface area contributed by atoms with Crippen molar-refractivity contribution in [2.45, 2.75) is 6.10 Å². The third-order valence-electron chi connectivity index (χ3n) is 2.73. The topological polar surface area (TPSA) is 58.5 Å². The van der Waals surface area contributed by atoms with Crippen LogP contribution < -0.4 is 4.90 Å². The summed E-state index contributed by atoms with van der Waals surface area (Å²) in [6, 6.07) is 7.82. The van der Waals surface area contributed by atoms with Crippen LogP contribution in [0.15, 0.2) is 30.6 Å². The summed E-state index contributed by atoms with van der Waals surface area (Å²) >= 11 is 0. The molecular formula is C13H17N3O2. The third kappa shape index (κ3) is 2.75. The average molecular weight is 247 g/mol. The molecule has 0 fully saturated rings. The van der Waals surface area contributed by atoms with Crippen LogP contribution in [0.3, 0.4) is 0 Å². The summed E-state index contributed by atoms with van der Waals surface area (Å²) in [5.41, 5.74) is 0.899. The highest BCUT2D eigenvalue weighted by Crippen LogP contribution is 2.21. The van der Waals surface area contributed by atoms with Gasteiger partial charge in [-0.05, 0) is 12.1 Å². The fraction of sp³-hybridized carbons (Fsp3) is 0.385. The predicted octanol–water partition coefficient (Wildman–Crippen LogP) is 1.07. The van der Waals surface area contributed by atoms with E-state index in [1.807, 2.05) is 36.2 Å². The normalized spacial score (nSPS) is 12.6. The van der Waals surface area contributed by atoms with Crippen LogP contribution in [0, 0.1) is 0 Å². The number of benzene rings is 1. The number of aromatic nitrogens is 2. The first-order valence-electron chi connectivity index (χ1n) is 5.80. The second-order valence-corrected chi connectivity index (χ2v) is 4.20. The Labute approximate surface area is 106 Å². The third-order valence-corrected chi connectivity index (χ3v) is 2.73. The molecule has 0 aliphatic heterocycles. The lowest BCUT2D eigenvalue weighted by Crippen LogP contribution is -2.32. The maximum absolute atomic E-state index is 9.74. The molecule has 0 saturated heterocycles. The summed E-state index contributed by atoms with van der Waals surface area (Å²) in [6.07, 6.45) is 1.00. The van der Waals surface area contributed by atoms with Gasteiger partial charge in [0.05, 0.1) is 18.2 Å².